The Morgan fingerprint density at radius 2 is 2.25 bits per heavy atom. The number of hydrogen-bond acceptors (Lipinski definition) is 4. The van der Waals surface area contributed by atoms with Gasteiger partial charge in [-0.25, -0.2) is 0 Å². The first kappa shape index (κ1) is 13.0. The number of anilines is 2. The number of thioether (sulfide) groups is 1. The molecular weight excluding hydrogens is 220 g/mol. The summed E-state index contributed by atoms with van der Waals surface area (Å²) < 4.78 is 5.17. The van der Waals surface area contributed by atoms with Gasteiger partial charge in [-0.15, -0.1) is 0 Å². The van der Waals surface area contributed by atoms with Gasteiger partial charge < -0.3 is 15.8 Å². The topological polar surface area (TPSA) is 47.3 Å². The van der Waals surface area contributed by atoms with Crippen molar-refractivity contribution in [2.75, 3.05) is 30.2 Å². The van der Waals surface area contributed by atoms with Crippen LogP contribution >= 0.6 is 11.8 Å². The number of nitrogens with two attached hydrogens (primary N) is 1. The summed E-state index contributed by atoms with van der Waals surface area (Å²) in [5.74, 6) is 1.98. The molecule has 4 heteroatoms. The summed E-state index contributed by atoms with van der Waals surface area (Å²) in [7, 11) is 1.66. The molecule has 0 saturated heterocycles. The molecule has 0 aliphatic heterocycles. The van der Waals surface area contributed by atoms with E-state index in [0.29, 0.717) is 6.04 Å². The van der Waals surface area contributed by atoms with Gasteiger partial charge in [-0.1, -0.05) is 0 Å². The van der Waals surface area contributed by atoms with E-state index >= 15 is 0 Å². The molecule has 0 aromatic heterocycles. The summed E-state index contributed by atoms with van der Waals surface area (Å²) in [6.45, 7) is 2.16. The van der Waals surface area contributed by atoms with Gasteiger partial charge in [-0.2, -0.15) is 11.8 Å². The number of benzene rings is 1. The molecule has 0 radical (unpaired) electrons. The highest BCUT2D eigenvalue weighted by atomic mass is 32.2. The van der Waals surface area contributed by atoms with Crippen molar-refractivity contribution in [2.24, 2.45) is 0 Å². The van der Waals surface area contributed by atoms with Crippen LogP contribution < -0.4 is 15.8 Å². The van der Waals surface area contributed by atoms with E-state index in [0.717, 1.165) is 29.3 Å². The fraction of sp³-hybridized carbons (Fsp3) is 0.500. The average molecular weight is 240 g/mol. The number of nitrogen functional groups attached to an aromatic ring is 1. The standard InChI is InChI=1S/C12H20N2OS/c1-9(6-7-16-3)14-12-8-10(15-2)4-5-11(12)13/h4-5,8-9,14H,6-7,13H2,1-3H3. The third-order valence-corrected chi connectivity index (χ3v) is 3.06. The van der Waals surface area contributed by atoms with Gasteiger partial charge >= 0.3 is 0 Å². The lowest BCUT2D eigenvalue weighted by Gasteiger charge is -2.17. The summed E-state index contributed by atoms with van der Waals surface area (Å²) in [4.78, 5) is 0. The molecule has 0 bridgehead atoms. The lowest BCUT2D eigenvalue weighted by atomic mass is 10.2. The van der Waals surface area contributed by atoms with Crippen LogP contribution in [0.1, 0.15) is 13.3 Å². The minimum atomic E-state index is 0.418. The van der Waals surface area contributed by atoms with Crippen LogP contribution in [0.15, 0.2) is 18.2 Å². The molecule has 1 atom stereocenters. The highest BCUT2D eigenvalue weighted by molar-refractivity contribution is 7.98. The molecule has 0 aliphatic rings. The zero-order chi connectivity index (χ0) is 12.0. The maximum Gasteiger partial charge on any atom is 0.121 e. The van der Waals surface area contributed by atoms with Gasteiger partial charge in [0.25, 0.3) is 0 Å². The normalized spacial score (nSPS) is 12.2. The Morgan fingerprint density at radius 1 is 1.50 bits per heavy atom. The molecule has 1 unspecified atom stereocenters. The van der Waals surface area contributed by atoms with Gasteiger partial charge in [0.05, 0.1) is 18.5 Å². The number of nitrogens with one attached hydrogen (secondary N) is 1. The average Bonchev–Trinajstić information content (AvgIpc) is 2.29. The largest absolute Gasteiger partial charge is 0.497 e. The molecule has 1 aromatic rings. The molecule has 1 aromatic carbocycles. The first-order chi connectivity index (χ1) is 7.67. The predicted molar refractivity (Wildman–Crippen MR) is 73.5 cm³/mol. The second kappa shape index (κ2) is 6.53. The third kappa shape index (κ3) is 3.85. The van der Waals surface area contributed by atoms with Crippen molar-refractivity contribution in [2.45, 2.75) is 19.4 Å². The van der Waals surface area contributed by atoms with Crippen LogP contribution in [0, 0.1) is 0 Å². The van der Waals surface area contributed by atoms with E-state index in [2.05, 4.69) is 18.5 Å². The fourth-order valence-corrected chi connectivity index (χ4v) is 2.01. The van der Waals surface area contributed by atoms with Crippen molar-refractivity contribution in [3.05, 3.63) is 18.2 Å². The molecule has 0 aliphatic carbocycles. The fourth-order valence-electron chi connectivity index (χ4n) is 1.42. The molecule has 0 spiro atoms. The maximum atomic E-state index is 5.90. The number of methoxy groups -OCH3 is 1. The summed E-state index contributed by atoms with van der Waals surface area (Å²) >= 11 is 1.86. The van der Waals surface area contributed by atoms with E-state index in [9.17, 15) is 0 Å². The second-order valence-corrected chi connectivity index (χ2v) is 4.77. The molecule has 90 valence electrons. The number of rotatable bonds is 6. The summed E-state index contributed by atoms with van der Waals surface area (Å²) in [6, 6.07) is 6.09. The Labute approximate surface area is 102 Å². The molecule has 0 heterocycles. The second-order valence-electron chi connectivity index (χ2n) is 3.78. The SMILES string of the molecule is COc1ccc(N)c(NC(C)CCSC)c1. The van der Waals surface area contributed by atoms with E-state index in [-0.39, 0.29) is 0 Å². The van der Waals surface area contributed by atoms with Crippen LogP contribution in [-0.4, -0.2) is 25.2 Å². The highest BCUT2D eigenvalue weighted by Crippen LogP contribution is 2.25. The Kier molecular flexibility index (Phi) is 5.32. The molecule has 1 rings (SSSR count). The van der Waals surface area contributed by atoms with Crippen molar-refractivity contribution >= 4 is 23.1 Å². The van der Waals surface area contributed by atoms with Crippen LogP contribution in [0.3, 0.4) is 0 Å². The molecule has 3 nitrogen and oxygen atoms in total. The lowest BCUT2D eigenvalue weighted by Crippen LogP contribution is -2.16. The summed E-state index contributed by atoms with van der Waals surface area (Å²) in [6.07, 6.45) is 3.24. The van der Waals surface area contributed by atoms with Crippen molar-refractivity contribution in [1.29, 1.82) is 0 Å². The quantitative estimate of drug-likeness (QED) is 0.751. The first-order valence-electron chi connectivity index (χ1n) is 5.36. The van der Waals surface area contributed by atoms with Crippen molar-refractivity contribution in [1.82, 2.24) is 0 Å². The van der Waals surface area contributed by atoms with Gasteiger partial charge in [0.2, 0.25) is 0 Å². The number of ether oxygens (including phenoxy) is 1. The van der Waals surface area contributed by atoms with Crippen LogP contribution in [0.2, 0.25) is 0 Å². The van der Waals surface area contributed by atoms with Crippen molar-refractivity contribution in [3.8, 4) is 5.75 Å². The lowest BCUT2D eigenvalue weighted by molar-refractivity contribution is 0.415. The van der Waals surface area contributed by atoms with Crippen molar-refractivity contribution in [3.63, 3.8) is 0 Å². The van der Waals surface area contributed by atoms with Gasteiger partial charge in [0.15, 0.2) is 0 Å². The van der Waals surface area contributed by atoms with E-state index in [1.54, 1.807) is 7.11 Å². The highest BCUT2D eigenvalue weighted by Gasteiger charge is 2.05. The predicted octanol–water partition coefficient (Wildman–Crippen LogP) is 2.83. The number of hydrogen-bond donors (Lipinski definition) is 2. The molecule has 0 fully saturated rings. The zero-order valence-electron chi connectivity index (χ0n) is 10.1. The molecule has 0 amide bonds. The Hall–Kier alpha value is -1.03. The summed E-state index contributed by atoms with van der Waals surface area (Å²) in [5, 5.41) is 3.40. The molecule has 3 N–H and O–H groups in total. The van der Waals surface area contributed by atoms with E-state index in [1.807, 2.05) is 30.0 Å². The molecule has 16 heavy (non-hydrogen) atoms. The Morgan fingerprint density at radius 3 is 2.88 bits per heavy atom. The van der Waals surface area contributed by atoms with Gasteiger partial charge in [-0.3, -0.25) is 0 Å². The summed E-state index contributed by atoms with van der Waals surface area (Å²) in [5.41, 5.74) is 7.61. The van der Waals surface area contributed by atoms with Crippen LogP contribution in [-0.2, 0) is 0 Å². The van der Waals surface area contributed by atoms with Crippen LogP contribution in [0.4, 0.5) is 11.4 Å². The Bertz CT molecular complexity index is 331. The van der Waals surface area contributed by atoms with E-state index in [1.165, 1.54) is 0 Å². The first-order valence-corrected chi connectivity index (χ1v) is 6.75. The van der Waals surface area contributed by atoms with Crippen molar-refractivity contribution < 1.29 is 4.74 Å². The van der Waals surface area contributed by atoms with Gasteiger partial charge in [-0.05, 0) is 37.5 Å². The van der Waals surface area contributed by atoms with Gasteiger partial charge in [0.1, 0.15) is 5.75 Å². The maximum absolute atomic E-state index is 5.90. The van der Waals surface area contributed by atoms with Crippen LogP contribution in [0.25, 0.3) is 0 Å². The smallest absolute Gasteiger partial charge is 0.121 e. The Balaban J connectivity index is 2.64. The molecule has 0 saturated carbocycles. The van der Waals surface area contributed by atoms with Crippen LogP contribution in [0.5, 0.6) is 5.75 Å². The minimum absolute atomic E-state index is 0.418. The monoisotopic (exact) mass is 240 g/mol. The van der Waals surface area contributed by atoms with E-state index < -0.39 is 0 Å². The van der Waals surface area contributed by atoms with Gasteiger partial charge in [0, 0.05) is 12.1 Å². The minimum Gasteiger partial charge on any atom is -0.497 e. The zero-order valence-corrected chi connectivity index (χ0v) is 10.9. The van der Waals surface area contributed by atoms with E-state index in [4.69, 9.17) is 10.5 Å². The molecular formula is C12H20N2OS. The third-order valence-electron chi connectivity index (χ3n) is 2.42.